The van der Waals surface area contributed by atoms with Gasteiger partial charge in [0, 0.05) is 47.0 Å². The van der Waals surface area contributed by atoms with E-state index in [1.165, 1.54) is 11.8 Å². The summed E-state index contributed by atoms with van der Waals surface area (Å²) in [6.07, 6.45) is 1.02. The highest BCUT2D eigenvalue weighted by atomic mass is 32.2. The molecule has 8 rings (SSSR count). The van der Waals surface area contributed by atoms with Crippen molar-refractivity contribution < 1.29 is 27.4 Å². The highest BCUT2D eigenvalue weighted by molar-refractivity contribution is 7.99. The Bertz CT molecular complexity index is 2380. The molecule has 54 heavy (non-hydrogen) atoms. The van der Waals surface area contributed by atoms with E-state index in [9.17, 15) is 13.5 Å². The first kappa shape index (κ1) is 35.9. The smallest absolute Gasteiger partial charge is 0.256 e. The van der Waals surface area contributed by atoms with Crippen LogP contribution in [0.5, 0.6) is 0 Å². The molecule has 1 fully saturated rings. The average Bonchev–Trinajstić information content (AvgIpc) is 3.67. The number of rotatable bonds is 12. The molecule has 2 N–H and O–H groups in total. The van der Waals surface area contributed by atoms with Gasteiger partial charge < -0.3 is 19.0 Å². The van der Waals surface area contributed by atoms with Crippen LogP contribution < -0.4 is 4.72 Å². The Morgan fingerprint density at radius 1 is 0.741 bits per heavy atom. The van der Waals surface area contributed by atoms with Crippen molar-refractivity contribution in [2.45, 2.75) is 48.2 Å². The first-order valence-electron chi connectivity index (χ1n) is 17.6. The number of nitrogens with one attached hydrogen (secondary N) is 1. The topological polar surface area (TPSA) is 124 Å². The van der Waals surface area contributed by atoms with Crippen molar-refractivity contribution >= 4 is 32.7 Å². The molecule has 0 aliphatic carbocycles. The lowest BCUT2D eigenvalue weighted by atomic mass is 10.0. The maximum atomic E-state index is 13.3. The normalized spacial score (nSPS) is 17.5. The SMILES string of the molecule is O=S(=O)(NCc1ccc(C2OC(CSc3nc(-c4ccccc4)c(-c4ccccc4)o3)CC(c3ccc(CO)cc3)O2)cc1)c1cccc2cccnc12. The van der Waals surface area contributed by atoms with Crippen LogP contribution in [-0.4, -0.2) is 35.3 Å². The molecule has 5 aromatic carbocycles. The van der Waals surface area contributed by atoms with Crippen LogP contribution in [0, 0.1) is 0 Å². The molecule has 0 radical (unpaired) electrons. The summed E-state index contributed by atoms with van der Waals surface area (Å²) >= 11 is 1.50. The fourth-order valence-electron chi connectivity index (χ4n) is 6.47. The highest BCUT2D eigenvalue weighted by Crippen LogP contribution is 2.41. The molecule has 0 spiro atoms. The summed E-state index contributed by atoms with van der Waals surface area (Å²) in [7, 11) is -3.82. The summed E-state index contributed by atoms with van der Waals surface area (Å²) in [5.41, 5.74) is 6.53. The molecule has 3 unspecified atom stereocenters. The number of aromatic nitrogens is 2. The second kappa shape index (κ2) is 16.1. The molecule has 0 saturated carbocycles. The molecule has 11 heteroatoms. The molecule has 0 amide bonds. The van der Waals surface area contributed by atoms with Gasteiger partial charge in [0.1, 0.15) is 10.6 Å². The van der Waals surface area contributed by atoms with Crippen LogP contribution >= 0.6 is 11.8 Å². The molecule has 2 aromatic heterocycles. The molecule has 7 aromatic rings. The van der Waals surface area contributed by atoms with Gasteiger partial charge in [-0.25, -0.2) is 18.1 Å². The van der Waals surface area contributed by atoms with Crippen LogP contribution in [0.3, 0.4) is 0 Å². The lowest BCUT2D eigenvalue weighted by Crippen LogP contribution is -2.31. The van der Waals surface area contributed by atoms with E-state index in [1.807, 2.05) is 121 Å². The number of para-hydroxylation sites is 1. The Hall–Kier alpha value is -5.14. The summed E-state index contributed by atoms with van der Waals surface area (Å²) in [6.45, 7) is 0.0631. The lowest BCUT2D eigenvalue weighted by molar-refractivity contribution is -0.245. The Labute approximate surface area is 318 Å². The summed E-state index contributed by atoms with van der Waals surface area (Å²) < 4.78 is 48.8. The van der Waals surface area contributed by atoms with Crippen LogP contribution in [0.2, 0.25) is 0 Å². The molecule has 9 nitrogen and oxygen atoms in total. The van der Waals surface area contributed by atoms with Gasteiger partial charge in [-0.2, -0.15) is 0 Å². The summed E-state index contributed by atoms with van der Waals surface area (Å²) in [4.78, 5) is 9.37. The van der Waals surface area contributed by atoms with Crippen LogP contribution in [0.25, 0.3) is 33.5 Å². The predicted molar refractivity (Wildman–Crippen MR) is 209 cm³/mol. The second-order valence-electron chi connectivity index (χ2n) is 12.9. The van der Waals surface area contributed by atoms with Crippen molar-refractivity contribution in [2.75, 3.05) is 5.75 Å². The first-order valence-corrected chi connectivity index (χ1v) is 20.1. The fraction of sp³-hybridized carbons (Fsp3) is 0.163. The Kier molecular flexibility index (Phi) is 10.7. The number of benzene rings is 5. The average molecular weight is 756 g/mol. The summed E-state index contributed by atoms with van der Waals surface area (Å²) in [6, 6.07) is 44.1. The van der Waals surface area contributed by atoms with E-state index in [0.717, 1.165) is 44.5 Å². The third kappa shape index (κ3) is 8.02. The number of pyridine rings is 1. The molecule has 3 atom stereocenters. The molecule has 272 valence electrons. The van der Waals surface area contributed by atoms with Gasteiger partial charge in [-0.05, 0) is 28.8 Å². The van der Waals surface area contributed by atoms with Gasteiger partial charge in [-0.15, -0.1) is 0 Å². The fourth-order valence-corrected chi connectivity index (χ4v) is 8.50. The number of aliphatic hydroxyl groups excluding tert-OH is 1. The van der Waals surface area contributed by atoms with E-state index in [1.54, 1.807) is 24.4 Å². The molecular formula is C43H37N3O6S2. The predicted octanol–water partition coefficient (Wildman–Crippen LogP) is 8.87. The van der Waals surface area contributed by atoms with E-state index in [4.69, 9.17) is 18.9 Å². The Morgan fingerprint density at radius 2 is 1.43 bits per heavy atom. The number of oxazole rings is 1. The minimum absolute atomic E-state index is 0.0375. The maximum absolute atomic E-state index is 13.3. The molecule has 1 aliphatic rings. The van der Waals surface area contributed by atoms with E-state index < -0.39 is 16.3 Å². The number of aliphatic hydroxyl groups is 1. The number of thioether (sulfide) groups is 1. The van der Waals surface area contributed by atoms with Crippen LogP contribution in [0.1, 0.15) is 41.1 Å². The van der Waals surface area contributed by atoms with E-state index in [-0.39, 0.29) is 30.3 Å². The summed E-state index contributed by atoms with van der Waals surface area (Å²) in [5, 5.41) is 10.9. The zero-order valence-corrected chi connectivity index (χ0v) is 30.7. The second-order valence-corrected chi connectivity index (χ2v) is 15.7. The van der Waals surface area contributed by atoms with Crippen LogP contribution in [0.4, 0.5) is 0 Å². The largest absolute Gasteiger partial charge is 0.431 e. The van der Waals surface area contributed by atoms with E-state index in [2.05, 4.69) is 9.71 Å². The standard InChI is InChI=1S/C43H37N3O6S2/c47-27-30-18-20-31(21-19-30)37-25-36(28-53-43-46-40(33-9-3-1-4-10-33)41(52-43)34-11-5-2-6-12-34)50-42(51-37)35-22-16-29(17-23-35)26-45-54(48,49)38-15-7-13-32-14-8-24-44-39(32)38/h1-24,36-37,42,45,47H,25-28H2. The van der Waals surface area contributed by atoms with Gasteiger partial charge >= 0.3 is 0 Å². The lowest BCUT2D eigenvalue weighted by Gasteiger charge is -2.36. The number of nitrogens with zero attached hydrogens (tertiary/aromatic N) is 2. The van der Waals surface area contributed by atoms with Gasteiger partial charge in [-0.3, -0.25) is 4.98 Å². The monoisotopic (exact) mass is 755 g/mol. The van der Waals surface area contributed by atoms with Gasteiger partial charge in [0.15, 0.2) is 12.1 Å². The Balaban J connectivity index is 1.000. The van der Waals surface area contributed by atoms with Gasteiger partial charge in [0.05, 0.1) is 24.3 Å². The zero-order valence-electron chi connectivity index (χ0n) is 29.1. The van der Waals surface area contributed by atoms with Crippen molar-refractivity contribution in [1.82, 2.24) is 14.7 Å². The minimum atomic E-state index is -3.82. The van der Waals surface area contributed by atoms with E-state index >= 15 is 0 Å². The number of hydrogen-bond donors (Lipinski definition) is 2. The van der Waals surface area contributed by atoms with Crippen molar-refractivity contribution in [3.8, 4) is 22.6 Å². The first-order chi connectivity index (χ1) is 26.4. The third-order valence-electron chi connectivity index (χ3n) is 9.30. The van der Waals surface area contributed by atoms with Gasteiger partial charge in [0.2, 0.25) is 10.0 Å². The van der Waals surface area contributed by atoms with Gasteiger partial charge in [-0.1, -0.05) is 139 Å². The van der Waals surface area contributed by atoms with Gasteiger partial charge in [0.25, 0.3) is 5.22 Å². The minimum Gasteiger partial charge on any atom is -0.431 e. The molecule has 0 bridgehead atoms. The number of sulfonamides is 1. The van der Waals surface area contributed by atoms with Crippen molar-refractivity contribution in [3.63, 3.8) is 0 Å². The maximum Gasteiger partial charge on any atom is 0.256 e. The Morgan fingerprint density at radius 3 is 2.17 bits per heavy atom. The number of fused-ring (bicyclic) bond motifs is 1. The molecule has 1 aliphatic heterocycles. The quantitative estimate of drug-likeness (QED) is 0.118. The zero-order chi connectivity index (χ0) is 36.9. The number of hydrogen-bond acceptors (Lipinski definition) is 9. The van der Waals surface area contributed by atoms with E-state index in [0.29, 0.717) is 28.7 Å². The third-order valence-corrected chi connectivity index (χ3v) is 11.7. The van der Waals surface area contributed by atoms with Crippen molar-refractivity contribution in [3.05, 3.63) is 168 Å². The van der Waals surface area contributed by atoms with Crippen molar-refractivity contribution in [2.24, 2.45) is 0 Å². The highest BCUT2D eigenvalue weighted by Gasteiger charge is 2.33. The molecule has 3 heterocycles. The van der Waals surface area contributed by atoms with Crippen LogP contribution in [0.15, 0.2) is 160 Å². The summed E-state index contributed by atoms with van der Waals surface area (Å²) in [5.74, 6) is 1.28. The number of ether oxygens (including phenoxy) is 2. The van der Waals surface area contributed by atoms with Crippen LogP contribution in [-0.2, 0) is 32.6 Å². The molecule has 1 saturated heterocycles. The van der Waals surface area contributed by atoms with Crippen molar-refractivity contribution in [1.29, 1.82) is 0 Å². The molecular weight excluding hydrogens is 719 g/mol.